The number of hydrogen-bond acceptors (Lipinski definition) is 0. The van der Waals surface area contributed by atoms with Crippen LogP contribution >= 0.6 is 0 Å². The number of fused-ring (bicyclic) bond motifs is 8. The van der Waals surface area contributed by atoms with E-state index in [1.54, 1.807) is 6.07 Å². The Labute approximate surface area is 224 Å². The molecule has 0 aliphatic rings. The van der Waals surface area contributed by atoms with Gasteiger partial charge < -0.3 is 0 Å². The van der Waals surface area contributed by atoms with E-state index in [2.05, 4.69) is 18.2 Å². The molecule has 0 atom stereocenters. The molecule has 8 aromatic rings. The number of benzene rings is 8. The standard InChI is InChI=1S/C36H22/c1-4-10-30-23(7-1)13-15-27-19-29-20-28(16-14-25(29)21-34(27)30)36-32-12-6-3-9-26(32)22-35-31-11-5-2-8-24(31)17-18-33(35)36/h1-22H/i2D,3D,5D,6D,8D,9D,11D,12D,17D,18D,22D. The predicted octanol–water partition coefficient (Wildman–Crippen LogP) is 10.3. The highest BCUT2D eigenvalue weighted by molar-refractivity contribution is 6.20. The Kier molecular flexibility index (Phi) is 2.44. The number of rotatable bonds is 1. The van der Waals surface area contributed by atoms with Crippen molar-refractivity contribution in [1.82, 2.24) is 0 Å². The minimum atomic E-state index is -0.571. The van der Waals surface area contributed by atoms with E-state index in [9.17, 15) is 2.74 Å². The number of hydrogen-bond donors (Lipinski definition) is 0. The van der Waals surface area contributed by atoms with Gasteiger partial charge in [-0.3, -0.25) is 0 Å². The van der Waals surface area contributed by atoms with E-state index in [0.717, 1.165) is 32.3 Å². The molecule has 8 aromatic carbocycles. The summed E-state index contributed by atoms with van der Waals surface area (Å²) in [5, 5.41) is 5.49. The van der Waals surface area contributed by atoms with Gasteiger partial charge in [-0.15, -0.1) is 0 Å². The molecule has 0 unspecified atom stereocenters. The molecule has 0 bridgehead atoms. The van der Waals surface area contributed by atoms with E-state index in [0.29, 0.717) is 5.56 Å². The fraction of sp³-hybridized carbons (Fsp3) is 0. The molecule has 0 spiro atoms. The molecule has 0 N–H and O–H groups in total. The van der Waals surface area contributed by atoms with Crippen LogP contribution < -0.4 is 0 Å². The Morgan fingerprint density at radius 1 is 0.389 bits per heavy atom. The first-order chi connectivity index (χ1) is 22.4. The summed E-state index contributed by atoms with van der Waals surface area (Å²) < 4.78 is 96.0. The molecule has 0 heterocycles. The van der Waals surface area contributed by atoms with Gasteiger partial charge in [0.2, 0.25) is 0 Å². The van der Waals surface area contributed by atoms with Crippen LogP contribution in [0.15, 0.2) is 133 Å². The zero-order valence-electron chi connectivity index (χ0n) is 29.9. The molecule has 166 valence electrons. The molecular weight excluding hydrogens is 432 g/mol. The Morgan fingerprint density at radius 3 is 2.11 bits per heavy atom. The van der Waals surface area contributed by atoms with Crippen molar-refractivity contribution in [2.24, 2.45) is 0 Å². The predicted molar refractivity (Wildman–Crippen MR) is 157 cm³/mol. The summed E-state index contributed by atoms with van der Waals surface area (Å²) >= 11 is 0. The summed E-state index contributed by atoms with van der Waals surface area (Å²) in [6, 6.07) is 16.5. The highest BCUT2D eigenvalue weighted by Crippen LogP contribution is 2.40. The fourth-order valence-corrected chi connectivity index (χ4v) is 5.26. The lowest BCUT2D eigenvalue weighted by Crippen LogP contribution is -1.88. The van der Waals surface area contributed by atoms with Crippen LogP contribution in [0.3, 0.4) is 0 Å². The van der Waals surface area contributed by atoms with Crippen molar-refractivity contribution in [3.05, 3.63) is 133 Å². The van der Waals surface area contributed by atoms with Crippen LogP contribution in [0, 0.1) is 0 Å². The lowest BCUT2D eigenvalue weighted by Gasteiger charge is -2.15. The van der Waals surface area contributed by atoms with Gasteiger partial charge in [0.15, 0.2) is 0 Å². The summed E-state index contributed by atoms with van der Waals surface area (Å²) in [5.74, 6) is 0. The van der Waals surface area contributed by atoms with Gasteiger partial charge in [-0.1, -0.05) is 109 Å². The molecule has 0 aliphatic heterocycles. The lowest BCUT2D eigenvalue weighted by molar-refractivity contribution is 1.72. The highest BCUT2D eigenvalue weighted by atomic mass is 14.2. The van der Waals surface area contributed by atoms with E-state index >= 15 is 0 Å². The maximum atomic E-state index is 9.28. The van der Waals surface area contributed by atoms with Crippen LogP contribution in [0.2, 0.25) is 0 Å². The lowest BCUT2D eigenvalue weighted by atomic mass is 9.88. The first-order valence-electron chi connectivity index (χ1n) is 17.1. The smallest absolute Gasteiger partial charge is 0.0616 e. The first-order valence-corrected chi connectivity index (χ1v) is 11.6. The topological polar surface area (TPSA) is 0 Å². The first kappa shape index (κ1) is 11.8. The molecule has 0 aliphatic carbocycles. The van der Waals surface area contributed by atoms with E-state index < -0.39 is 66.5 Å². The molecule has 36 heavy (non-hydrogen) atoms. The van der Waals surface area contributed by atoms with Gasteiger partial charge in [0.1, 0.15) is 0 Å². The molecule has 0 saturated carbocycles. The van der Waals surface area contributed by atoms with E-state index in [4.69, 9.17) is 12.3 Å². The molecule has 0 radical (unpaired) electrons. The van der Waals surface area contributed by atoms with Crippen molar-refractivity contribution in [3.63, 3.8) is 0 Å². The van der Waals surface area contributed by atoms with Gasteiger partial charge in [-0.05, 0) is 100 Å². The second-order valence-corrected chi connectivity index (χ2v) is 8.92. The van der Waals surface area contributed by atoms with Crippen molar-refractivity contribution >= 4 is 64.6 Å². The molecule has 0 nitrogen and oxygen atoms in total. The van der Waals surface area contributed by atoms with Crippen LogP contribution in [-0.2, 0) is 0 Å². The normalized spacial score (nSPS) is 16.2. The third-order valence-electron chi connectivity index (χ3n) is 6.93. The molecular formula is C36H22. The van der Waals surface area contributed by atoms with Crippen molar-refractivity contribution in [2.75, 3.05) is 0 Å². The van der Waals surface area contributed by atoms with Crippen LogP contribution in [0.4, 0.5) is 0 Å². The third-order valence-corrected chi connectivity index (χ3v) is 6.93. The van der Waals surface area contributed by atoms with Crippen molar-refractivity contribution in [3.8, 4) is 11.1 Å². The average Bonchev–Trinajstić information content (AvgIpc) is 3.08. The second kappa shape index (κ2) is 7.41. The van der Waals surface area contributed by atoms with Gasteiger partial charge in [0, 0.05) is 0 Å². The summed E-state index contributed by atoms with van der Waals surface area (Å²) in [4.78, 5) is 0. The monoisotopic (exact) mass is 465 g/mol. The quantitative estimate of drug-likeness (QED) is 0.167. The van der Waals surface area contributed by atoms with Gasteiger partial charge >= 0.3 is 0 Å². The minimum Gasteiger partial charge on any atom is -0.0616 e. The van der Waals surface area contributed by atoms with Gasteiger partial charge in [0.25, 0.3) is 0 Å². The molecule has 0 amide bonds. The molecule has 8 rings (SSSR count). The largest absolute Gasteiger partial charge is 0.0636 e. The SMILES string of the molecule is [2H]c1c([2H])c([2H])c2c([2H])c3c(c([2H])c([2H])c4c([2H])c([2H])c([2H])c([2H])c43)c(-c3ccc4cc5c(ccc6ccccc65)cc4c3)c2c1[2H]. The average molecular weight is 466 g/mol. The highest BCUT2D eigenvalue weighted by Gasteiger charge is 2.13. The Morgan fingerprint density at radius 2 is 1.17 bits per heavy atom. The van der Waals surface area contributed by atoms with E-state index in [1.165, 1.54) is 0 Å². The molecule has 0 aromatic heterocycles. The van der Waals surface area contributed by atoms with E-state index in [1.807, 2.05) is 42.5 Å². The zero-order chi connectivity index (χ0) is 33.2. The molecule has 0 fully saturated rings. The van der Waals surface area contributed by atoms with Gasteiger partial charge in [-0.2, -0.15) is 0 Å². The summed E-state index contributed by atoms with van der Waals surface area (Å²) in [6.07, 6.45) is 0. The zero-order valence-corrected chi connectivity index (χ0v) is 18.9. The van der Waals surface area contributed by atoms with Crippen LogP contribution in [0.25, 0.3) is 75.8 Å². The van der Waals surface area contributed by atoms with Crippen LogP contribution in [-0.4, -0.2) is 0 Å². The van der Waals surface area contributed by atoms with Gasteiger partial charge in [0.05, 0.1) is 15.1 Å². The van der Waals surface area contributed by atoms with Crippen molar-refractivity contribution < 1.29 is 15.1 Å². The minimum absolute atomic E-state index is 0.00715. The molecule has 0 heteroatoms. The second-order valence-electron chi connectivity index (χ2n) is 8.92. The van der Waals surface area contributed by atoms with Gasteiger partial charge in [-0.25, -0.2) is 0 Å². The Bertz CT molecular complexity index is 2750. The Balaban J connectivity index is 1.61. The molecule has 0 saturated heterocycles. The van der Waals surface area contributed by atoms with Crippen molar-refractivity contribution in [1.29, 1.82) is 0 Å². The van der Waals surface area contributed by atoms with E-state index in [-0.39, 0.29) is 37.9 Å². The van der Waals surface area contributed by atoms with Crippen LogP contribution in [0.5, 0.6) is 0 Å². The fourth-order valence-electron chi connectivity index (χ4n) is 5.26. The third kappa shape index (κ3) is 2.82. The Hall–Kier alpha value is -4.68. The van der Waals surface area contributed by atoms with Crippen molar-refractivity contribution in [2.45, 2.75) is 0 Å². The van der Waals surface area contributed by atoms with Crippen LogP contribution in [0.1, 0.15) is 15.1 Å². The summed E-state index contributed by atoms with van der Waals surface area (Å²) in [5.41, 5.74) is 0.678. The summed E-state index contributed by atoms with van der Waals surface area (Å²) in [7, 11) is 0. The maximum Gasteiger partial charge on any atom is 0.0636 e. The maximum absolute atomic E-state index is 9.28. The summed E-state index contributed by atoms with van der Waals surface area (Å²) in [6.45, 7) is 0.